The fourth-order valence-corrected chi connectivity index (χ4v) is 0. The molecule has 0 aliphatic carbocycles. The molecule has 0 rings (SSSR count). The Hall–Kier alpha value is -0.000519. The Morgan fingerprint density at radius 1 is 1.50 bits per heavy atom. The molecule has 0 radical (unpaired) electrons. The van der Waals surface area contributed by atoms with E-state index in [4.69, 9.17) is 0 Å². The third kappa shape index (κ3) is 9.00. The van der Waals surface area contributed by atoms with Crippen molar-refractivity contribution >= 4 is 14.0 Å². The van der Waals surface area contributed by atoms with Gasteiger partial charge in [0.1, 0.15) is 0 Å². The van der Waals surface area contributed by atoms with Crippen molar-refractivity contribution in [3.63, 3.8) is 0 Å². The van der Waals surface area contributed by atoms with Crippen LogP contribution in [-0.2, 0) is 7.67 Å². The predicted octanol–water partition coefficient (Wildman–Crippen LogP) is -2.80. The average molecular weight is 161 g/mol. The first-order chi connectivity index (χ1) is 2.27. The maximum Gasteiger partial charge on any atom is -0.412 e. The Kier molecular flexibility index (Phi) is 7.81. The van der Waals surface area contributed by atoms with Gasteiger partial charge in [0.15, 0.2) is 0 Å². The molecule has 0 aromatic carbocycles. The second-order valence-corrected chi connectivity index (χ2v) is 2.01. The zero-order valence-electron chi connectivity index (χ0n) is 2.84. The van der Waals surface area contributed by atoms with Gasteiger partial charge in [-0.15, -0.1) is 0 Å². The van der Waals surface area contributed by atoms with Gasteiger partial charge in [-0.05, 0) is 0 Å². The number of nitrogens with two attached hydrogens (primary N) is 1. The molecule has 0 atom stereocenters. The van der Waals surface area contributed by atoms with Crippen LogP contribution in [0.5, 0.6) is 0 Å². The molecule has 5 N–H and O–H groups in total. The molecule has 0 heterocycles. The Labute approximate surface area is 38.3 Å². The largest absolute Gasteiger partial charge is 0.412 e. The van der Waals surface area contributed by atoms with Crippen LogP contribution in [0, 0.1) is 0 Å². The van der Waals surface area contributed by atoms with Gasteiger partial charge < -0.3 is 5.48 Å². The van der Waals surface area contributed by atoms with Crippen LogP contribution >= 0.6 is 0 Å². The van der Waals surface area contributed by atoms with Crippen molar-refractivity contribution in [2.45, 2.75) is 0 Å². The normalized spacial score (nSPS) is 7.67. The van der Waals surface area contributed by atoms with Gasteiger partial charge in [0.05, 0.1) is 0 Å². The van der Waals surface area contributed by atoms with Crippen LogP contribution in [-0.4, -0.2) is 19.5 Å². The molecular weight excluding hydrogens is 155 g/mol. The van der Waals surface area contributed by atoms with Gasteiger partial charge in [-0.2, -0.15) is 0 Å². The van der Waals surface area contributed by atoms with Gasteiger partial charge in [0, 0.05) is 0 Å². The Morgan fingerprint density at radius 3 is 1.67 bits per heavy atom. The summed E-state index contributed by atoms with van der Waals surface area (Å²) in [5.74, 6) is 4.36. The first kappa shape index (κ1) is 9.37. The van der Waals surface area contributed by atoms with Crippen molar-refractivity contribution in [1.29, 1.82) is 0 Å². The molecular formula is H6N2O3Se. The number of rotatable bonds is 1. The summed E-state index contributed by atoms with van der Waals surface area (Å²) in [6.07, 6.45) is 0. The first-order valence-electron chi connectivity index (χ1n) is 0.877. The minimum atomic E-state index is -3.17. The molecule has 40 valence electrons. The topological polar surface area (TPSA) is 104 Å². The molecule has 0 amide bonds. The third-order valence-electron chi connectivity index (χ3n) is 0.105. The molecule has 0 saturated heterocycles. The zero-order valence-corrected chi connectivity index (χ0v) is 4.72. The average Bonchev–Trinajstić information content (AvgIpc) is 1.38. The molecule has 0 spiro atoms. The van der Waals surface area contributed by atoms with E-state index < -0.39 is 14.0 Å². The molecule has 6 heteroatoms. The van der Waals surface area contributed by atoms with Crippen LogP contribution in [0.15, 0.2) is 0 Å². The van der Waals surface area contributed by atoms with E-state index in [1.807, 2.05) is 0 Å². The molecule has 5 nitrogen and oxygen atoms in total. The van der Waals surface area contributed by atoms with Gasteiger partial charge >= 0.3 is 31.9 Å². The van der Waals surface area contributed by atoms with Crippen molar-refractivity contribution in [3.05, 3.63) is 0 Å². The third-order valence-corrected chi connectivity index (χ3v) is 0.548. The summed E-state index contributed by atoms with van der Waals surface area (Å²) in [6, 6.07) is 0. The first-order valence-corrected chi connectivity index (χ1v) is 3.35. The summed E-state index contributed by atoms with van der Waals surface area (Å²) < 4.78 is 20.1. The van der Waals surface area contributed by atoms with Gasteiger partial charge in [-0.25, -0.2) is 0 Å². The molecule has 0 bridgehead atoms. The summed E-state index contributed by atoms with van der Waals surface area (Å²) in [5, 5.41) is 0. The minimum absolute atomic E-state index is 0. The van der Waals surface area contributed by atoms with Crippen LogP contribution in [0.3, 0.4) is 0 Å². The number of hydrazine groups is 1. The number of nitrogens with one attached hydrogen (secondary N) is 1. The molecule has 0 aliphatic rings. The van der Waals surface area contributed by atoms with Crippen molar-refractivity contribution in [2.24, 2.45) is 5.84 Å². The summed E-state index contributed by atoms with van der Waals surface area (Å²) in [7, 11) is 0. The quantitative estimate of drug-likeness (QED) is 0.246. The van der Waals surface area contributed by atoms with E-state index in [9.17, 15) is 7.67 Å². The SMILES string of the molecule is NN[SeH](=O)=O.O. The van der Waals surface area contributed by atoms with E-state index in [1.165, 1.54) is 0 Å². The van der Waals surface area contributed by atoms with E-state index in [1.54, 1.807) is 4.44 Å². The molecule has 0 unspecified atom stereocenters. The van der Waals surface area contributed by atoms with E-state index in [0.29, 0.717) is 0 Å². The van der Waals surface area contributed by atoms with Crippen molar-refractivity contribution in [3.8, 4) is 0 Å². The van der Waals surface area contributed by atoms with Crippen LogP contribution in [0.25, 0.3) is 0 Å². The monoisotopic (exact) mass is 162 g/mol. The standard InChI is InChI=1S/H4N2O2Se.H2O/c1-2-5(3)4;/h5H,1H2,(H,2,3,4);1H2. The van der Waals surface area contributed by atoms with Gasteiger partial charge in [0.25, 0.3) is 0 Å². The molecule has 0 saturated carbocycles. The van der Waals surface area contributed by atoms with Crippen molar-refractivity contribution in [2.75, 3.05) is 0 Å². The molecule has 0 aromatic rings. The summed E-state index contributed by atoms with van der Waals surface area (Å²) in [5.41, 5.74) is 0. The fourth-order valence-electron chi connectivity index (χ4n) is 0. The van der Waals surface area contributed by atoms with Gasteiger partial charge in [-0.1, -0.05) is 0 Å². The van der Waals surface area contributed by atoms with Crippen molar-refractivity contribution in [1.82, 2.24) is 4.44 Å². The van der Waals surface area contributed by atoms with Crippen LogP contribution in [0.1, 0.15) is 0 Å². The van der Waals surface area contributed by atoms with Gasteiger partial charge in [0.2, 0.25) is 0 Å². The van der Waals surface area contributed by atoms with Crippen LogP contribution in [0.2, 0.25) is 0 Å². The summed E-state index contributed by atoms with van der Waals surface area (Å²) >= 11 is -3.17. The van der Waals surface area contributed by atoms with Crippen molar-refractivity contribution < 1.29 is 13.1 Å². The maximum absolute atomic E-state index is 9.25. The second-order valence-electron chi connectivity index (χ2n) is 0.386. The predicted molar refractivity (Wildman–Crippen MR) is 19.5 cm³/mol. The van der Waals surface area contributed by atoms with Crippen LogP contribution < -0.4 is 10.3 Å². The molecule has 6 heavy (non-hydrogen) atoms. The Morgan fingerprint density at radius 2 is 1.67 bits per heavy atom. The maximum atomic E-state index is 9.25. The van der Waals surface area contributed by atoms with E-state index in [0.717, 1.165) is 0 Å². The van der Waals surface area contributed by atoms with E-state index >= 15 is 0 Å². The van der Waals surface area contributed by atoms with E-state index in [-0.39, 0.29) is 5.48 Å². The number of hydrogen-bond acceptors (Lipinski definition) is 3. The summed E-state index contributed by atoms with van der Waals surface area (Å²) in [4.78, 5) is 0. The van der Waals surface area contributed by atoms with Crippen LogP contribution in [0.4, 0.5) is 0 Å². The molecule has 0 aromatic heterocycles. The smallest absolute Gasteiger partial charge is 0.412 e. The number of hydrogen-bond donors (Lipinski definition) is 2. The van der Waals surface area contributed by atoms with E-state index in [2.05, 4.69) is 5.84 Å². The fraction of sp³-hybridized carbons (Fsp3) is 0. The Bertz CT molecular complexity index is 66.9. The minimum Gasteiger partial charge on any atom is -0.412 e. The summed E-state index contributed by atoms with van der Waals surface area (Å²) in [6.45, 7) is 0. The molecule has 0 fully saturated rings. The molecule has 0 aliphatic heterocycles. The Balaban J connectivity index is 0. The zero-order chi connectivity index (χ0) is 4.28. The van der Waals surface area contributed by atoms with Gasteiger partial charge in [-0.3, -0.25) is 0 Å². The second kappa shape index (κ2) is 5.00.